The van der Waals surface area contributed by atoms with Crippen LogP contribution >= 0.6 is 0 Å². The predicted octanol–water partition coefficient (Wildman–Crippen LogP) is 6.42. The number of hydrogen-bond donors (Lipinski definition) is 1. The maximum atomic E-state index is 13.8. The highest BCUT2D eigenvalue weighted by molar-refractivity contribution is 5.95. The van der Waals surface area contributed by atoms with E-state index in [1.54, 1.807) is 31.3 Å². The summed E-state index contributed by atoms with van der Waals surface area (Å²) in [6.45, 7) is 1.75. The normalized spacial score (nSPS) is 10.7. The molecule has 1 N–H and O–H groups in total. The molecule has 2 aromatic heterocycles. The minimum absolute atomic E-state index is 0.238. The van der Waals surface area contributed by atoms with Gasteiger partial charge in [-0.05, 0) is 78.7 Å². The first kappa shape index (κ1) is 20.3. The first-order valence-corrected chi connectivity index (χ1v) is 10.4. The molecule has 0 spiro atoms. The van der Waals surface area contributed by atoms with Crippen molar-refractivity contribution in [2.45, 2.75) is 6.92 Å². The average Bonchev–Trinajstić information content (AvgIpc) is 2.86. The summed E-state index contributed by atoms with van der Waals surface area (Å²) in [5.41, 5.74) is 6.30. The van der Waals surface area contributed by atoms with Gasteiger partial charge in [0.15, 0.2) is 0 Å². The molecule has 5 rings (SSSR count). The Balaban J connectivity index is 1.60. The van der Waals surface area contributed by atoms with Crippen LogP contribution < -0.4 is 5.32 Å². The minimum Gasteiger partial charge on any atom is -0.340 e. The molecule has 0 amide bonds. The zero-order chi connectivity index (χ0) is 22.8. The Morgan fingerprint density at radius 1 is 0.879 bits per heavy atom. The standard InChI is InChI=1S/C27H18FN5/c1-17-13-20(6-10-24(17)28)26-22(3-2-12-30-26)19-7-11-25-23(14-19)27(32-16-31-25)33-21-8-4-18(15-29)5-9-21/h2-14,16H,1H3,(H,31,32,33). The molecule has 0 saturated carbocycles. The maximum absolute atomic E-state index is 13.8. The highest BCUT2D eigenvalue weighted by atomic mass is 19.1. The fourth-order valence-electron chi connectivity index (χ4n) is 3.75. The van der Waals surface area contributed by atoms with E-state index in [4.69, 9.17) is 5.26 Å². The molecule has 0 atom stereocenters. The zero-order valence-electron chi connectivity index (χ0n) is 17.7. The number of nitrogens with one attached hydrogen (secondary N) is 1. The van der Waals surface area contributed by atoms with Gasteiger partial charge in [0.25, 0.3) is 0 Å². The third-order valence-corrected chi connectivity index (χ3v) is 5.46. The van der Waals surface area contributed by atoms with E-state index in [-0.39, 0.29) is 5.82 Å². The number of nitrogens with zero attached hydrogens (tertiary/aromatic N) is 4. The molecule has 0 aliphatic rings. The third-order valence-electron chi connectivity index (χ3n) is 5.46. The van der Waals surface area contributed by atoms with Crippen molar-refractivity contribution in [3.63, 3.8) is 0 Å². The van der Waals surface area contributed by atoms with Gasteiger partial charge in [-0.3, -0.25) is 4.98 Å². The third kappa shape index (κ3) is 4.00. The van der Waals surface area contributed by atoms with Gasteiger partial charge in [-0.15, -0.1) is 0 Å². The molecule has 158 valence electrons. The minimum atomic E-state index is -0.238. The summed E-state index contributed by atoms with van der Waals surface area (Å²) in [4.78, 5) is 13.4. The number of halogens is 1. The van der Waals surface area contributed by atoms with E-state index < -0.39 is 0 Å². The summed E-state index contributed by atoms with van der Waals surface area (Å²) < 4.78 is 13.8. The molecule has 2 heterocycles. The molecule has 0 fully saturated rings. The zero-order valence-corrected chi connectivity index (χ0v) is 17.7. The Morgan fingerprint density at radius 3 is 2.48 bits per heavy atom. The second-order valence-corrected chi connectivity index (χ2v) is 7.63. The number of nitriles is 1. The van der Waals surface area contributed by atoms with Crippen molar-refractivity contribution in [2.24, 2.45) is 0 Å². The maximum Gasteiger partial charge on any atom is 0.141 e. The average molecular weight is 431 g/mol. The largest absolute Gasteiger partial charge is 0.340 e. The fourth-order valence-corrected chi connectivity index (χ4v) is 3.75. The molecule has 0 aliphatic heterocycles. The van der Waals surface area contributed by atoms with Crippen molar-refractivity contribution >= 4 is 22.4 Å². The molecule has 6 heteroatoms. The SMILES string of the molecule is Cc1cc(-c2ncccc2-c2ccc3ncnc(Nc4ccc(C#N)cc4)c3c2)ccc1F. The van der Waals surface area contributed by atoms with Gasteiger partial charge in [-0.25, -0.2) is 14.4 Å². The van der Waals surface area contributed by atoms with Gasteiger partial charge in [0.05, 0.1) is 22.8 Å². The van der Waals surface area contributed by atoms with Crippen molar-refractivity contribution in [1.29, 1.82) is 5.26 Å². The number of aromatic nitrogens is 3. The van der Waals surface area contributed by atoms with Gasteiger partial charge in [-0.1, -0.05) is 12.1 Å². The predicted molar refractivity (Wildman–Crippen MR) is 127 cm³/mol. The Hall–Kier alpha value is -4.63. The topological polar surface area (TPSA) is 74.5 Å². The molecule has 0 unspecified atom stereocenters. The summed E-state index contributed by atoms with van der Waals surface area (Å²) in [6, 6.07) is 24.2. The fraction of sp³-hybridized carbons (Fsp3) is 0.0370. The van der Waals surface area contributed by atoms with E-state index in [1.807, 2.05) is 48.5 Å². The quantitative estimate of drug-likeness (QED) is 0.355. The lowest BCUT2D eigenvalue weighted by atomic mass is 9.97. The summed E-state index contributed by atoms with van der Waals surface area (Å²) in [5.74, 6) is 0.423. The number of pyridine rings is 1. The molecule has 0 radical (unpaired) electrons. The molecule has 0 bridgehead atoms. The van der Waals surface area contributed by atoms with E-state index in [9.17, 15) is 4.39 Å². The smallest absolute Gasteiger partial charge is 0.141 e. The molecule has 5 aromatic rings. The summed E-state index contributed by atoms with van der Waals surface area (Å²) >= 11 is 0. The molecule has 5 nitrogen and oxygen atoms in total. The Morgan fingerprint density at radius 2 is 1.70 bits per heavy atom. The van der Waals surface area contributed by atoms with Crippen LogP contribution in [0.15, 0.2) is 85.3 Å². The number of rotatable bonds is 4. The van der Waals surface area contributed by atoms with Gasteiger partial charge in [0.1, 0.15) is 18.0 Å². The van der Waals surface area contributed by atoms with Crippen LogP contribution in [-0.2, 0) is 0 Å². The molecular formula is C27H18FN5. The van der Waals surface area contributed by atoms with E-state index >= 15 is 0 Å². The van der Waals surface area contributed by atoms with Crippen molar-refractivity contribution in [3.8, 4) is 28.5 Å². The van der Waals surface area contributed by atoms with Gasteiger partial charge in [-0.2, -0.15) is 5.26 Å². The van der Waals surface area contributed by atoms with Gasteiger partial charge in [0.2, 0.25) is 0 Å². The van der Waals surface area contributed by atoms with Crippen LogP contribution in [0.25, 0.3) is 33.3 Å². The first-order chi connectivity index (χ1) is 16.1. The van der Waals surface area contributed by atoms with E-state index in [2.05, 4.69) is 26.3 Å². The Kier molecular flexibility index (Phi) is 5.21. The lowest BCUT2D eigenvalue weighted by Crippen LogP contribution is -1.97. The number of anilines is 2. The number of benzene rings is 3. The van der Waals surface area contributed by atoms with Crippen molar-refractivity contribution in [1.82, 2.24) is 15.0 Å². The van der Waals surface area contributed by atoms with Crippen LogP contribution in [0.1, 0.15) is 11.1 Å². The highest BCUT2D eigenvalue weighted by Crippen LogP contribution is 2.34. The van der Waals surface area contributed by atoms with Crippen molar-refractivity contribution < 1.29 is 4.39 Å². The number of aryl methyl sites for hydroxylation is 1. The highest BCUT2D eigenvalue weighted by Gasteiger charge is 2.12. The van der Waals surface area contributed by atoms with Crippen LogP contribution in [-0.4, -0.2) is 15.0 Å². The Bertz CT molecular complexity index is 1520. The van der Waals surface area contributed by atoms with E-state index in [1.165, 1.54) is 12.4 Å². The van der Waals surface area contributed by atoms with E-state index in [0.29, 0.717) is 16.9 Å². The van der Waals surface area contributed by atoms with Gasteiger partial charge in [0, 0.05) is 28.4 Å². The lowest BCUT2D eigenvalue weighted by Gasteiger charge is -2.12. The molecular weight excluding hydrogens is 413 g/mol. The van der Waals surface area contributed by atoms with Crippen LogP contribution in [0, 0.1) is 24.1 Å². The monoisotopic (exact) mass is 431 g/mol. The molecule has 3 aromatic carbocycles. The van der Waals surface area contributed by atoms with Crippen LogP contribution in [0.3, 0.4) is 0 Å². The molecule has 33 heavy (non-hydrogen) atoms. The summed E-state index contributed by atoms with van der Waals surface area (Å²) in [7, 11) is 0. The van der Waals surface area contributed by atoms with E-state index in [0.717, 1.165) is 39.0 Å². The number of fused-ring (bicyclic) bond motifs is 1. The second kappa shape index (κ2) is 8.48. The Labute approximate surface area is 190 Å². The molecule has 0 aliphatic carbocycles. The summed E-state index contributed by atoms with van der Waals surface area (Å²) in [5, 5.41) is 13.2. The van der Waals surface area contributed by atoms with Crippen LogP contribution in [0.5, 0.6) is 0 Å². The lowest BCUT2D eigenvalue weighted by molar-refractivity contribution is 0.619. The van der Waals surface area contributed by atoms with Crippen molar-refractivity contribution in [3.05, 3.63) is 102 Å². The number of hydrogen-bond acceptors (Lipinski definition) is 5. The summed E-state index contributed by atoms with van der Waals surface area (Å²) in [6.07, 6.45) is 3.25. The second-order valence-electron chi connectivity index (χ2n) is 7.63. The van der Waals surface area contributed by atoms with Gasteiger partial charge >= 0.3 is 0 Å². The van der Waals surface area contributed by atoms with Crippen molar-refractivity contribution in [2.75, 3.05) is 5.32 Å². The first-order valence-electron chi connectivity index (χ1n) is 10.4. The van der Waals surface area contributed by atoms with Crippen LogP contribution in [0.4, 0.5) is 15.9 Å². The van der Waals surface area contributed by atoms with Crippen LogP contribution in [0.2, 0.25) is 0 Å². The molecule has 0 saturated heterocycles. The van der Waals surface area contributed by atoms with Gasteiger partial charge < -0.3 is 5.32 Å².